The van der Waals surface area contributed by atoms with Crippen LogP contribution < -0.4 is 10.1 Å². The highest BCUT2D eigenvalue weighted by atomic mass is 16.5. The molecule has 2 aromatic carbocycles. The van der Waals surface area contributed by atoms with Gasteiger partial charge in [-0.3, -0.25) is 0 Å². The summed E-state index contributed by atoms with van der Waals surface area (Å²) in [6.45, 7) is 9.63. The zero-order chi connectivity index (χ0) is 27.4. The molecule has 0 unspecified atom stereocenters. The maximum absolute atomic E-state index is 8.90. The summed E-state index contributed by atoms with van der Waals surface area (Å²) in [5.74, 6) is 0.608. The van der Waals surface area contributed by atoms with Gasteiger partial charge >= 0.3 is 0 Å². The molecule has 0 radical (unpaired) electrons. The van der Waals surface area contributed by atoms with Crippen molar-refractivity contribution in [3.63, 3.8) is 0 Å². The second-order valence-corrected chi connectivity index (χ2v) is 6.94. The van der Waals surface area contributed by atoms with Crippen LogP contribution in [0.4, 0.5) is 5.69 Å². The molecule has 0 bridgehead atoms. The molecule has 1 heterocycles. The van der Waals surface area contributed by atoms with Crippen LogP contribution in [0, 0.1) is 6.57 Å². The number of hydrogen-bond donors (Lipinski definition) is 1. The van der Waals surface area contributed by atoms with Crippen molar-refractivity contribution in [3.8, 4) is 28.6 Å². The number of rotatable bonds is 7. The van der Waals surface area contributed by atoms with Gasteiger partial charge in [-0.25, -0.2) is 4.85 Å². The Balaban J connectivity index is 1.75. The minimum Gasteiger partial charge on any atom is -0.502 e. The second kappa shape index (κ2) is 8.68. The van der Waals surface area contributed by atoms with E-state index in [0.717, 1.165) is 6.92 Å². The van der Waals surface area contributed by atoms with Crippen molar-refractivity contribution >= 4 is 5.69 Å². The first-order chi connectivity index (χ1) is 17.1. The quantitative estimate of drug-likeness (QED) is 0.505. The molecule has 1 atom stereocenters. The average molecular weight is 410 g/mol. The zero-order valence-electron chi connectivity index (χ0n) is 23.9. The van der Waals surface area contributed by atoms with Crippen LogP contribution >= 0.6 is 0 Å². The first-order valence-electron chi connectivity index (χ1n) is 13.0. The third kappa shape index (κ3) is 3.94. The van der Waals surface area contributed by atoms with Gasteiger partial charge in [-0.15, -0.1) is 0 Å². The van der Waals surface area contributed by atoms with Gasteiger partial charge in [-0.2, -0.15) is 4.98 Å². The summed E-state index contributed by atoms with van der Waals surface area (Å²) in [5.41, 5.74) is 1.31. The van der Waals surface area contributed by atoms with Gasteiger partial charge in [0, 0.05) is 25.4 Å². The van der Waals surface area contributed by atoms with Crippen LogP contribution in [0.3, 0.4) is 0 Å². The fraction of sp³-hybridized carbons (Fsp3) is 0.375. The molecular formula is C24H26N4O2. The summed E-state index contributed by atoms with van der Waals surface area (Å²) in [6.07, 6.45) is -4.94. The molecule has 30 heavy (non-hydrogen) atoms. The van der Waals surface area contributed by atoms with Crippen LogP contribution in [0.15, 0.2) is 40.9 Å². The summed E-state index contributed by atoms with van der Waals surface area (Å²) in [6, 6.07) is 7.64. The average Bonchev–Trinajstić information content (AvgIpc) is 3.34. The number of fused-ring (bicyclic) bond motifs is 1. The lowest BCUT2D eigenvalue weighted by atomic mass is 10.0. The number of nitrogens with zero attached hydrogens (tertiary/aromatic N) is 3. The van der Waals surface area contributed by atoms with E-state index in [1.807, 2.05) is 13.8 Å². The van der Waals surface area contributed by atoms with Crippen molar-refractivity contribution in [2.75, 3.05) is 6.50 Å². The molecule has 0 saturated heterocycles. The molecular weight excluding hydrogens is 376 g/mol. The Bertz CT molecular complexity index is 1380. The number of hydrogen-bond acceptors (Lipinski definition) is 5. The number of aromatic nitrogens is 2. The van der Waals surface area contributed by atoms with E-state index < -0.39 is 31.7 Å². The summed E-state index contributed by atoms with van der Waals surface area (Å²) in [5, 5.41) is 6.42. The number of ether oxygens (including phenoxy) is 1. The van der Waals surface area contributed by atoms with Crippen molar-refractivity contribution < 1.29 is 18.9 Å². The smallest absolute Gasteiger partial charge is 0.256 e. The first-order valence-corrected chi connectivity index (χ1v) is 9.54. The number of nitrogens with one attached hydrogen (secondary N) is 1. The summed E-state index contributed by atoms with van der Waals surface area (Å²) < 4.78 is 69.1. The van der Waals surface area contributed by atoms with Gasteiger partial charge in [-0.05, 0) is 68.8 Å². The maximum Gasteiger partial charge on any atom is 0.256 e. The van der Waals surface area contributed by atoms with E-state index in [2.05, 4.69) is 20.3 Å². The molecule has 1 N–H and O–H groups in total. The summed E-state index contributed by atoms with van der Waals surface area (Å²) in [4.78, 5) is 7.92. The Kier molecular flexibility index (Phi) is 3.82. The topological polar surface area (TPSA) is 64.5 Å². The van der Waals surface area contributed by atoms with Gasteiger partial charge in [0.15, 0.2) is 0 Å². The van der Waals surface area contributed by atoms with Gasteiger partial charge < -0.3 is 14.6 Å². The SMILES string of the molecule is [2H]C1([2H])C[C@]([2H])(NC([2H])([2H])C([2H])([2H])C)c2cccc(-c3noc(-c4ccc(OC(C)C)c([N+]#[C-])c4)n3)c21. The Morgan fingerprint density at radius 2 is 2.30 bits per heavy atom. The molecule has 1 aliphatic rings. The van der Waals surface area contributed by atoms with E-state index in [1.165, 1.54) is 6.07 Å². The van der Waals surface area contributed by atoms with Crippen LogP contribution in [-0.2, 0) is 6.37 Å². The molecule has 1 aliphatic carbocycles. The second-order valence-electron chi connectivity index (χ2n) is 6.94. The number of benzene rings is 2. The maximum atomic E-state index is 8.90. The van der Waals surface area contributed by atoms with E-state index in [9.17, 15) is 0 Å². The van der Waals surface area contributed by atoms with Crippen molar-refractivity contribution in [2.45, 2.75) is 52.1 Å². The van der Waals surface area contributed by atoms with E-state index in [-0.39, 0.29) is 40.2 Å². The van der Waals surface area contributed by atoms with Gasteiger partial charge in [0.2, 0.25) is 11.5 Å². The lowest BCUT2D eigenvalue weighted by Crippen LogP contribution is -2.19. The molecule has 0 saturated carbocycles. The highest BCUT2D eigenvalue weighted by Gasteiger charge is 2.26. The van der Waals surface area contributed by atoms with E-state index in [1.54, 1.807) is 30.3 Å². The third-order valence-electron chi connectivity index (χ3n) is 4.53. The zero-order valence-corrected chi connectivity index (χ0v) is 16.9. The Morgan fingerprint density at radius 1 is 1.43 bits per heavy atom. The molecule has 1 aromatic heterocycles. The molecule has 6 nitrogen and oxygen atoms in total. The van der Waals surface area contributed by atoms with Crippen molar-refractivity contribution in [2.24, 2.45) is 0 Å². The molecule has 4 rings (SSSR count). The van der Waals surface area contributed by atoms with Gasteiger partial charge in [0.25, 0.3) is 5.89 Å². The van der Waals surface area contributed by atoms with Gasteiger partial charge in [0.1, 0.15) is 5.75 Å². The third-order valence-corrected chi connectivity index (χ3v) is 4.53. The van der Waals surface area contributed by atoms with Crippen LogP contribution in [-0.4, -0.2) is 22.7 Å². The molecule has 0 fully saturated rings. The summed E-state index contributed by atoms with van der Waals surface area (Å²) >= 11 is 0. The first kappa shape index (κ1) is 13.2. The van der Waals surface area contributed by atoms with Crippen molar-refractivity contribution in [1.82, 2.24) is 15.5 Å². The van der Waals surface area contributed by atoms with Crippen molar-refractivity contribution in [1.29, 1.82) is 0 Å². The Labute approximate surface area is 186 Å². The van der Waals surface area contributed by atoms with Crippen LogP contribution in [0.2, 0.25) is 0 Å². The molecule has 154 valence electrons. The van der Waals surface area contributed by atoms with Crippen LogP contribution in [0.25, 0.3) is 27.7 Å². The van der Waals surface area contributed by atoms with Crippen LogP contribution in [0.1, 0.15) is 60.3 Å². The standard InChI is InChI=1S/C24H26N4O2/c1-5-13-26-20-11-10-17-18(20)7-6-8-19(17)23-27-24(30-28-23)16-9-12-22(29-15(2)3)21(14-16)25-4/h6-9,12,14-15,20,26H,5,10-11,13H2,1-3H3/t20-/m0/s1/i5D2,10D2,13D2,20D. The van der Waals surface area contributed by atoms with E-state index in [0.29, 0.717) is 11.3 Å². The lowest BCUT2D eigenvalue weighted by Gasteiger charge is -2.13. The highest BCUT2D eigenvalue weighted by molar-refractivity contribution is 5.70. The Hall–Kier alpha value is -3.17. The van der Waals surface area contributed by atoms with E-state index >= 15 is 0 Å². The molecule has 0 spiro atoms. The predicted molar refractivity (Wildman–Crippen MR) is 117 cm³/mol. The molecule has 0 aliphatic heterocycles. The van der Waals surface area contributed by atoms with Gasteiger partial charge in [0.05, 0.1) is 14.0 Å². The van der Waals surface area contributed by atoms with Gasteiger partial charge in [-0.1, -0.05) is 30.3 Å². The monoisotopic (exact) mass is 409 g/mol. The molecule has 0 amide bonds. The molecule has 6 heteroatoms. The highest BCUT2D eigenvalue weighted by Crippen LogP contribution is 2.38. The fourth-order valence-corrected chi connectivity index (χ4v) is 3.24. The van der Waals surface area contributed by atoms with E-state index in [4.69, 9.17) is 25.4 Å². The minimum atomic E-state index is -2.60. The largest absolute Gasteiger partial charge is 0.502 e. The minimum absolute atomic E-state index is 0.0701. The fourth-order valence-electron chi connectivity index (χ4n) is 3.24. The summed E-state index contributed by atoms with van der Waals surface area (Å²) in [7, 11) is 0. The predicted octanol–water partition coefficient (Wildman–Crippen LogP) is 5.73. The Morgan fingerprint density at radius 3 is 3.07 bits per heavy atom. The normalized spacial score (nSPS) is 23.8. The van der Waals surface area contributed by atoms with Crippen molar-refractivity contribution in [3.05, 3.63) is 58.9 Å². The molecule has 3 aromatic rings. The lowest BCUT2D eigenvalue weighted by molar-refractivity contribution is 0.244. The van der Waals surface area contributed by atoms with Crippen LogP contribution in [0.5, 0.6) is 5.75 Å².